The number of phenols is 1. The third-order valence-corrected chi connectivity index (χ3v) is 6.55. The molecule has 0 bridgehead atoms. The minimum atomic E-state index is -0.673. The summed E-state index contributed by atoms with van der Waals surface area (Å²) in [6.07, 6.45) is 1.07. The Hall–Kier alpha value is -2.73. The lowest BCUT2D eigenvalue weighted by atomic mass is 9.70. The van der Waals surface area contributed by atoms with Crippen LogP contribution in [0.1, 0.15) is 42.0 Å². The molecule has 0 fully saturated rings. The van der Waals surface area contributed by atoms with Gasteiger partial charge < -0.3 is 9.84 Å². The summed E-state index contributed by atoms with van der Waals surface area (Å²) in [5.41, 5.74) is 2.69. The summed E-state index contributed by atoms with van der Waals surface area (Å²) in [5, 5.41) is 12.0. The van der Waals surface area contributed by atoms with E-state index in [1.165, 1.54) is 12.0 Å². The van der Waals surface area contributed by atoms with Gasteiger partial charge in [-0.25, -0.2) is 0 Å². The molecule has 28 heavy (non-hydrogen) atoms. The molecule has 1 aromatic heterocycles. The predicted molar refractivity (Wildman–Crippen MR) is 108 cm³/mol. The number of Topliss-reactive ketones (excluding diaryl/α,β-unsaturated/α-hetero) is 1. The van der Waals surface area contributed by atoms with Crippen molar-refractivity contribution in [2.24, 2.45) is 10.9 Å². The van der Waals surface area contributed by atoms with Crippen LogP contribution < -0.4 is 0 Å². The molecule has 2 heterocycles. The maximum atomic E-state index is 13.2. The van der Waals surface area contributed by atoms with Gasteiger partial charge >= 0.3 is 5.97 Å². The number of aliphatic imine (C=N–C) groups is 1. The highest BCUT2D eigenvalue weighted by molar-refractivity contribution is 7.10. The molecule has 6 heteroatoms. The molecule has 1 aliphatic carbocycles. The minimum Gasteiger partial charge on any atom is -0.508 e. The SMILES string of the molecule is COC(=O)C1C(C)=NC2=C(C(=O)C[C@@H](c3cccs3)C2)[C@@H]1c1cccc(O)c1. The highest BCUT2D eigenvalue weighted by Crippen LogP contribution is 2.47. The molecule has 0 saturated heterocycles. The number of hydrogen-bond acceptors (Lipinski definition) is 6. The Morgan fingerprint density at radius 2 is 2.07 bits per heavy atom. The number of ketones is 1. The number of rotatable bonds is 3. The summed E-state index contributed by atoms with van der Waals surface area (Å²) in [7, 11) is 1.34. The van der Waals surface area contributed by atoms with Crippen LogP contribution in [0.2, 0.25) is 0 Å². The second kappa shape index (κ2) is 7.36. The fraction of sp³-hybridized carbons (Fsp3) is 0.318. The number of ether oxygens (including phenoxy) is 1. The maximum Gasteiger partial charge on any atom is 0.315 e. The van der Waals surface area contributed by atoms with E-state index < -0.39 is 17.8 Å². The van der Waals surface area contributed by atoms with Gasteiger partial charge in [0.15, 0.2) is 5.78 Å². The topological polar surface area (TPSA) is 76.0 Å². The summed E-state index contributed by atoms with van der Waals surface area (Å²) in [4.78, 5) is 31.7. The Bertz CT molecular complexity index is 990. The molecule has 1 aromatic carbocycles. The van der Waals surface area contributed by atoms with Gasteiger partial charge in [0.25, 0.3) is 0 Å². The monoisotopic (exact) mass is 395 g/mol. The first kappa shape index (κ1) is 18.6. The Balaban J connectivity index is 1.84. The van der Waals surface area contributed by atoms with Gasteiger partial charge in [0, 0.05) is 40.1 Å². The molecule has 144 valence electrons. The first-order valence-electron chi connectivity index (χ1n) is 9.21. The molecule has 5 nitrogen and oxygen atoms in total. The van der Waals surface area contributed by atoms with Gasteiger partial charge in [-0.2, -0.15) is 0 Å². The third-order valence-electron chi connectivity index (χ3n) is 5.52. The highest BCUT2D eigenvalue weighted by Gasteiger charge is 2.44. The van der Waals surface area contributed by atoms with E-state index >= 15 is 0 Å². The number of nitrogens with zero attached hydrogens (tertiary/aromatic N) is 1. The summed E-state index contributed by atoms with van der Waals surface area (Å²) in [5.74, 6) is -1.37. The number of benzene rings is 1. The number of carbonyl (C=O) groups is 2. The Morgan fingerprint density at radius 3 is 2.75 bits per heavy atom. The number of phenolic OH excluding ortho intramolecular Hbond substituents is 1. The molecule has 4 rings (SSSR count). The van der Waals surface area contributed by atoms with Crippen LogP contribution in [0.25, 0.3) is 0 Å². The summed E-state index contributed by atoms with van der Waals surface area (Å²) in [6.45, 7) is 1.81. The van der Waals surface area contributed by atoms with Crippen LogP contribution in [0, 0.1) is 5.92 Å². The van der Waals surface area contributed by atoms with Crippen LogP contribution in [0.3, 0.4) is 0 Å². The van der Waals surface area contributed by atoms with Crippen LogP contribution in [0.4, 0.5) is 0 Å². The Morgan fingerprint density at radius 1 is 1.25 bits per heavy atom. The lowest BCUT2D eigenvalue weighted by Crippen LogP contribution is -2.37. The van der Waals surface area contributed by atoms with E-state index in [1.807, 2.05) is 17.5 Å². The maximum absolute atomic E-state index is 13.2. The van der Waals surface area contributed by atoms with Crippen molar-refractivity contribution in [1.82, 2.24) is 0 Å². The first-order chi connectivity index (χ1) is 13.5. The summed E-state index contributed by atoms with van der Waals surface area (Å²) >= 11 is 1.65. The average Bonchev–Trinajstić information content (AvgIpc) is 3.21. The molecule has 1 unspecified atom stereocenters. The minimum absolute atomic E-state index is 0.0122. The standard InChI is InChI=1S/C22H21NO4S/c1-12-19(22(26)27-2)20(13-5-3-6-15(24)9-13)21-16(23-12)10-14(11-17(21)25)18-7-4-8-28-18/h3-9,14,19-20,24H,10-11H2,1-2H3/t14-,19?,20+/m0/s1. The normalized spacial score (nSPS) is 24.6. The zero-order valence-electron chi connectivity index (χ0n) is 15.7. The molecule has 2 aromatic rings. The fourth-order valence-corrected chi connectivity index (χ4v) is 5.13. The van der Waals surface area contributed by atoms with Gasteiger partial charge in [0.1, 0.15) is 11.7 Å². The number of thiophene rings is 1. The predicted octanol–water partition coefficient (Wildman–Crippen LogP) is 4.20. The van der Waals surface area contributed by atoms with Crippen LogP contribution in [0.15, 0.2) is 58.0 Å². The van der Waals surface area contributed by atoms with Gasteiger partial charge in [-0.05, 0) is 42.5 Å². The summed E-state index contributed by atoms with van der Waals surface area (Å²) < 4.78 is 5.02. The molecular formula is C22H21NO4S. The quantitative estimate of drug-likeness (QED) is 0.790. The number of esters is 1. The van der Waals surface area contributed by atoms with E-state index in [-0.39, 0.29) is 17.5 Å². The number of carbonyl (C=O) groups excluding carboxylic acids is 2. The van der Waals surface area contributed by atoms with Crippen molar-refractivity contribution in [3.63, 3.8) is 0 Å². The Kier molecular flexibility index (Phi) is 4.89. The van der Waals surface area contributed by atoms with E-state index in [0.717, 1.165) is 11.3 Å². The molecule has 0 amide bonds. The lowest BCUT2D eigenvalue weighted by Gasteiger charge is -2.36. The van der Waals surface area contributed by atoms with E-state index in [0.29, 0.717) is 24.1 Å². The van der Waals surface area contributed by atoms with Crippen molar-refractivity contribution in [3.8, 4) is 5.75 Å². The van der Waals surface area contributed by atoms with Crippen LogP contribution in [-0.4, -0.2) is 29.7 Å². The lowest BCUT2D eigenvalue weighted by molar-refractivity contribution is -0.143. The number of allylic oxidation sites excluding steroid dienone is 2. The van der Waals surface area contributed by atoms with E-state index in [1.54, 1.807) is 36.5 Å². The first-order valence-corrected chi connectivity index (χ1v) is 10.1. The molecule has 0 radical (unpaired) electrons. The largest absolute Gasteiger partial charge is 0.508 e. The molecule has 0 spiro atoms. The van der Waals surface area contributed by atoms with Gasteiger partial charge in [-0.3, -0.25) is 14.6 Å². The average molecular weight is 395 g/mol. The molecule has 2 aliphatic rings. The fourth-order valence-electron chi connectivity index (χ4n) is 4.30. The van der Waals surface area contributed by atoms with Crippen molar-refractivity contribution in [2.45, 2.75) is 31.6 Å². The van der Waals surface area contributed by atoms with Crippen LogP contribution in [-0.2, 0) is 14.3 Å². The second-order valence-corrected chi connectivity index (χ2v) is 8.21. The third kappa shape index (κ3) is 3.18. The van der Waals surface area contributed by atoms with Crippen LogP contribution >= 0.6 is 11.3 Å². The molecule has 1 N–H and O–H groups in total. The number of aromatic hydroxyl groups is 1. The van der Waals surface area contributed by atoms with Crippen LogP contribution in [0.5, 0.6) is 5.75 Å². The van der Waals surface area contributed by atoms with Gasteiger partial charge in [-0.1, -0.05) is 18.2 Å². The molecule has 1 aliphatic heterocycles. The van der Waals surface area contributed by atoms with E-state index in [9.17, 15) is 14.7 Å². The number of methoxy groups -OCH3 is 1. The summed E-state index contributed by atoms with van der Waals surface area (Å²) in [6, 6.07) is 10.8. The highest BCUT2D eigenvalue weighted by atomic mass is 32.1. The van der Waals surface area contributed by atoms with Crippen molar-refractivity contribution in [1.29, 1.82) is 0 Å². The zero-order chi connectivity index (χ0) is 19.8. The van der Waals surface area contributed by atoms with Crippen molar-refractivity contribution in [3.05, 3.63) is 63.5 Å². The molecular weight excluding hydrogens is 374 g/mol. The van der Waals surface area contributed by atoms with Crippen molar-refractivity contribution >= 4 is 28.8 Å². The molecule has 0 saturated carbocycles. The zero-order valence-corrected chi connectivity index (χ0v) is 16.5. The van der Waals surface area contributed by atoms with E-state index in [4.69, 9.17) is 4.74 Å². The number of hydrogen-bond donors (Lipinski definition) is 1. The smallest absolute Gasteiger partial charge is 0.315 e. The van der Waals surface area contributed by atoms with E-state index in [2.05, 4.69) is 11.1 Å². The van der Waals surface area contributed by atoms with Gasteiger partial charge in [0.2, 0.25) is 0 Å². The van der Waals surface area contributed by atoms with Gasteiger partial charge in [-0.15, -0.1) is 11.3 Å². The van der Waals surface area contributed by atoms with Crippen molar-refractivity contribution < 1.29 is 19.4 Å². The molecule has 3 atom stereocenters. The Labute approximate surface area is 167 Å². The van der Waals surface area contributed by atoms with Gasteiger partial charge in [0.05, 0.1) is 7.11 Å². The van der Waals surface area contributed by atoms with Crippen molar-refractivity contribution in [2.75, 3.05) is 7.11 Å². The second-order valence-electron chi connectivity index (χ2n) is 7.23.